The smallest absolute Gasteiger partial charge is 0.310 e. The highest BCUT2D eigenvalue weighted by molar-refractivity contribution is 5.72. The van der Waals surface area contributed by atoms with Gasteiger partial charge in [0.2, 0.25) is 0 Å². The summed E-state index contributed by atoms with van der Waals surface area (Å²) in [6.45, 7) is 3.54. The van der Waals surface area contributed by atoms with E-state index in [4.69, 9.17) is 9.47 Å². The highest BCUT2D eigenvalue weighted by Gasteiger charge is 2.09. The normalized spacial score (nSPS) is 10.3. The molecule has 16 heavy (non-hydrogen) atoms. The van der Waals surface area contributed by atoms with Crippen molar-refractivity contribution in [3.05, 3.63) is 29.6 Å². The van der Waals surface area contributed by atoms with Gasteiger partial charge in [-0.1, -0.05) is 0 Å². The van der Waals surface area contributed by atoms with Crippen LogP contribution in [0.2, 0.25) is 0 Å². The molecule has 1 rings (SSSR count). The van der Waals surface area contributed by atoms with Gasteiger partial charge in [-0.05, 0) is 31.5 Å². The molecule has 1 aromatic rings. The van der Waals surface area contributed by atoms with Crippen LogP contribution >= 0.6 is 0 Å². The fraction of sp³-hybridized carbons (Fsp3) is 0.417. The van der Waals surface area contributed by atoms with Crippen molar-refractivity contribution in [1.29, 1.82) is 0 Å². The standard InChI is InChI=1S/C12H15FO3/c1-8(2)16-12(14)6-9-4-10(13)7-11(5-9)15-3/h4-5,7-8H,6H2,1-3H3. The molecule has 3 nitrogen and oxygen atoms in total. The van der Waals surface area contributed by atoms with Crippen molar-refractivity contribution in [3.63, 3.8) is 0 Å². The topological polar surface area (TPSA) is 35.5 Å². The Hall–Kier alpha value is -1.58. The molecule has 0 bridgehead atoms. The molecule has 0 N–H and O–H groups in total. The molecule has 0 unspecified atom stereocenters. The molecular formula is C12H15FO3. The van der Waals surface area contributed by atoms with Crippen molar-refractivity contribution in [2.75, 3.05) is 7.11 Å². The first-order valence-electron chi connectivity index (χ1n) is 5.04. The van der Waals surface area contributed by atoms with Crippen molar-refractivity contribution in [1.82, 2.24) is 0 Å². The molecule has 0 aliphatic rings. The van der Waals surface area contributed by atoms with Gasteiger partial charge in [0.25, 0.3) is 0 Å². The number of methoxy groups -OCH3 is 1. The monoisotopic (exact) mass is 226 g/mol. The maximum Gasteiger partial charge on any atom is 0.310 e. The number of hydrogen-bond acceptors (Lipinski definition) is 3. The van der Waals surface area contributed by atoms with E-state index in [1.165, 1.54) is 19.2 Å². The summed E-state index contributed by atoms with van der Waals surface area (Å²) in [6.07, 6.45) is -0.116. The highest BCUT2D eigenvalue weighted by Crippen LogP contribution is 2.16. The maximum atomic E-state index is 13.1. The Morgan fingerprint density at radius 3 is 2.62 bits per heavy atom. The van der Waals surface area contributed by atoms with Gasteiger partial charge >= 0.3 is 5.97 Å². The average Bonchev–Trinajstić information content (AvgIpc) is 2.14. The third-order valence-corrected chi connectivity index (χ3v) is 1.88. The SMILES string of the molecule is COc1cc(F)cc(CC(=O)OC(C)C)c1. The van der Waals surface area contributed by atoms with E-state index in [1.54, 1.807) is 19.9 Å². The van der Waals surface area contributed by atoms with Crippen LogP contribution in [0.4, 0.5) is 4.39 Å². The molecule has 0 fully saturated rings. The van der Waals surface area contributed by atoms with Crippen LogP contribution in [0.3, 0.4) is 0 Å². The Balaban J connectivity index is 2.73. The molecular weight excluding hydrogens is 211 g/mol. The van der Waals surface area contributed by atoms with Crippen LogP contribution in [0.1, 0.15) is 19.4 Å². The Bertz CT molecular complexity index is 375. The largest absolute Gasteiger partial charge is 0.497 e. The van der Waals surface area contributed by atoms with E-state index in [1.807, 2.05) is 0 Å². The number of rotatable bonds is 4. The molecule has 0 radical (unpaired) electrons. The van der Waals surface area contributed by atoms with Gasteiger partial charge in [0.05, 0.1) is 19.6 Å². The number of esters is 1. The van der Waals surface area contributed by atoms with Gasteiger partial charge in [0.15, 0.2) is 0 Å². The highest BCUT2D eigenvalue weighted by atomic mass is 19.1. The molecule has 0 saturated carbocycles. The predicted octanol–water partition coefficient (Wildman–Crippen LogP) is 2.33. The Kier molecular flexibility index (Phi) is 4.28. The molecule has 0 aromatic heterocycles. The summed E-state index contributed by atoms with van der Waals surface area (Å²) in [7, 11) is 1.45. The molecule has 0 aliphatic carbocycles. The summed E-state index contributed by atoms with van der Waals surface area (Å²) in [5.41, 5.74) is 0.544. The Labute approximate surface area is 94.2 Å². The zero-order chi connectivity index (χ0) is 12.1. The quantitative estimate of drug-likeness (QED) is 0.739. The fourth-order valence-corrected chi connectivity index (χ4v) is 1.31. The van der Waals surface area contributed by atoms with Gasteiger partial charge in [0.1, 0.15) is 11.6 Å². The van der Waals surface area contributed by atoms with Gasteiger partial charge in [-0.2, -0.15) is 0 Å². The molecule has 88 valence electrons. The second kappa shape index (κ2) is 5.49. The lowest BCUT2D eigenvalue weighted by Gasteiger charge is -2.08. The minimum Gasteiger partial charge on any atom is -0.497 e. The van der Waals surface area contributed by atoms with Crippen molar-refractivity contribution in [2.24, 2.45) is 0 Å². The minimum atomic E-state index is -0.424. The lowest BCUT2D eigenvalue weighted by molar-refractivity contribution is -0.146. The van der Waals surface area contributed by atoms with Gasteiger partial charge in [0, 0.05) is 6.07 Å². The summed E-state index contributed by atoms with van der Waals surface area (Å²) in [6, 6.07) is 4.17. The van der Waals surface area contributed by atoms with Gasteiger partial charge in [-0.15, -0.1) is 0 Å². The number of benzene rings is 1. The summed E-state index contributed by atoms with van der Waals surface area (Å²) >= 11 is 0. The molecule has 0 heterocycles. The van der Waals surface area contributed by atoms with Crippen LogP contribution in [0, 0.1) is 5.82 Å². The average molecular weight is 226 g/mol. The zero-order valence-corrected chi connectivity index (χ0v) is 9.62. The van der Waals surface area contributed by atoms with E-state index < -0.39 is 5.82 Å². The molecule has 0 saturated heterocycles. The first-order valence-corrected chi connectivity index (χ1v) is 5.04. The second-order valence-electron chi connectivity index (χ2n) is 3.71. The van der Waals surface area contributed by atoms with Gasteiger partial charge < -0.3 is 9.47 Å². The van der Waals surface area contributed by atoms with E-state index >= 15 is 0 Å². The summed E-state index contributed by atoms with van der Waals surface area (Å²) < 4.78 is 23.0. The molecule has 0 spiro atoms. The lowest BCUT2D eigenvalue weighted by Crippen LogP contribution is -2.13. The number of carbonyl (C=O) groups is 1. The van der Waals surface area contributed by atoms with Crippen LogP contribution in [-0.2, 0) is 16.0 Å². The summed E-state index contributed by atoms with van der Waals surface area (Å²) in [5, 5.41) is 0. The molecule has 1 aromatic carbocycles. The van der Waals surface area contributed by atoms with Crippen molar-refractivity contribution in [2.45, 2.75) is 26.4 Å². The maximum absolute atomic E-state index is 13.1. The third-order valence-electron chi connectivity index (χ3n) is 1.88. The third kappa shape index (κ3) is 3.88. The van der Waals surface area contributed by atoms with Crippen LogP contribution in [0.15, 0.2) is 18.2 Å². The first kappa shape index (κ1) is 12.5. The predicted molar refractivity (Wildman–Crippen MR) is 57.9 cm³/mol. The van der Waals surface area contributed by atoms with E-state index in [2.05, 4.69) is 0 Å². The number of ether oxygens (including phenoxy) is 2. The molecule has 0 aliphatic heterocycles. The van der Waals surface area contributed by atoms with E-state index in [-0.39, 0.29) is 18.5 Å². The van der Waals surface area contributed by atoms with Crippen LogP contribution in [-0.4, -0.2) is 19.2 Å². The fourth-order valence-electron chi connectivity index (χ4n) is 1.31. The van der Waals surface area contributed by atoms with E-state index in [0.29, 0.717) is 11.3 Å². The Morgan fingerprint density at radius 1 is 1.38 bits per heavy atom. The molecule has 0 amide bonds. The minimum absolute atomic E-state index is 0.0479. The van der Waals surface area contributed by atoms with Gasteiger partial charge in [-0.25, -0.2) is 4.39 Å². The molecule has 4 heteroatoms. The first-order chi connectivity index (χ1) is 7.51. The number of carbonyl (C=O) groups excluding carboxylic acids is 1. The Morgan fingerprint density at radius 2 is 2.06 bits per heavy atom. The zero-order valence-electron chi connectivity index (χ0n) is 9.62. The van der Waals surface area contributed by atoms with E-state index in [0.717, 1.165) is 0 Å². The van der Waals surface area contributed by atoms with E-state index in [9.17, 15) is 9.18 Å². The van der Waals surface area contributed by atoms with Crippen LogP contribution in [0.25, 0.3) is 0 Å². The van der Waals surface area contributed by atoms with Crippen LogP contribution < -0.4 is 4.74 Å². The lowest BCUT2D eigenvalue weighted by atomic mass is 10.1. The van der Waals surface area contributed by atoms with Crippen molar-refractivity contribution < 1.29 is 18.7 Å². The molecule has 0 atom stereocenters. The van der Waals surface area contributed by atoms with Crippen molar-refractivity contribution >= 4 is 5.97 Å². The number of hydrogen-bond donors (Lipinski definition) is 0. The number of halogens is 1. The second-order valence-corrected chi connectivity index (χ2v) is 3.71. The van der Waals surface area contributed by atoms with Crippen LogP contribution in [0.5, 0.6) is 5.75 Å². The summed E-state index contributed by atoms with van der Waals surface area (Å²) in [4.78, 5) is 11.3. The van der Waals surface area contributed by atoms with Gasteiger partial charge in [-0.3, -0.25) is 4.79 Å². The summed E-state index contributed by atoms with van der Waals surface area (Å²) in [5.74, 6) is -0.401. The van der Waals surface area contributed by atoms with Crippen molar-refractivity contribution in [3.8, 4) is 5.75 Å².